The van der Waals surface area contributed by atoms with E-state index in [1.165, 1.54) is 17.4 Å². The topological polar surface area (TPSA) is 65.5 Å². The summed E-state index contributed by atoms with van der Waals surface area (Å²) >= 11 is 1.50. The maximum atomic E-state index is 14.4. The molecule has 0 saturated carbocycles. The number of benzene rings is 1. The lowest BCUT2D eigenvalue weighted by atomic mass is 10.2. The second-order valence-corrected chi connectivity index (χ2v) is 7.73. The van der Waals surface area contributed by atoms with Gasteiger partial charge in [0.2, 0.25) is 0 Å². The largest absolute Gasteiger partial charge is 0.453 e. The van der Waals surface area contributed by atoms with Gasteiger partial charge in [-0.05, 0) is 24.3 Å². The number of anilines is 1. The molecule has 1 saturated heterocycles. The van der Waals surface area contributed by atoms with Gasteiger partial charge in [-0.25, -0.2) is 4.39 Å². The molecule has 0 aliphatic carbocycles. The van der Waals surface area contributed by atoms with Crippen molar-refractivity contribution < 1.29 is 18.6 Å². The van der Waals surface area contributed by atoms with Crippen LogP contribution in [0.3, 0.4) is 0 Å². The lowest BCUT2D eigenvalue weighted by molar-refractivity contribution is -0.0443. The van der Waals surface area contributed by atoms with Crippen LogP contribution in [0.1, 0.15) is 25.7 Å². The van der Waals surface area contributed by atoms with Gasteiger partial charge in [0.25, 0.3) is 0 Å². The van der Waals surface area contributed by atoms with Gasteiger partial charge in [0.15, 0.2) is 17.9 Å². The molecule has 1 fully saturated rings. The normalized spacial score (nSPS) is 13.6. The van der Waals surface area contributed by atoms with Gasteiger partial charge in [-0.3, -0.25) is 9.97 Å². The van der Waals surface area contributed by atoms with E-state index in [2.05, 4.69) is 15.3 Å². The Balaban J connectivity index is 0.00000119. The molecule has 0 amide bonds. The number of hydrogen-bond acceptors (Lipinski definition) is 7. The van der Waals surface area contributed by atoms with Crippen molar-refractivity contribution in [2.24, 2.45) is 0 Å². The molecule has 5 rings (SSSR count). The van der Waals surface area contributed by atoms with Crippen molar-refractivity contribution in [2.45, 2.75) is 20.1 Å². The lowest BCUT2D eigenvalue weighted by Crippen LogP contribution is -1.98. The fourth-order valence-corrected chi connectivity index (χ4v) is 4.26. The molecular weight excluding hydrogens is 429 g/mol. The second-order valence-electron chi connectivity index (χ2n) is 6.68. The first-order valence-electron chi connectivity index (χ1n) is 10.4. The number of nitrogens with one attached hydrogen (secondary N) is 1. The average Bonchev–Trinajstić information content (AvgIpc) is 3.53. The van der Waals surface area contributed by atoms with Crippen LogP contribution >= 0.6 is 11.3 Å². The number of ether oxygens (including phenoxy) is 3. The maximum Gasteiger partial charge on any atom is 0.185 e. The van der Waals surface area contributed by atoms with E-state index in [1.807, 2.05) is 32.0 Å². The number of rotatable bonds is 5. The predicted octanol–water partition coefficient (Wildman–Crippen LogP) is 6.40. The minimum absolute atomic E-state index is 0.162. The van der Waals surface area contributed by atoms with Gasteiger partial charge in [-0.2, -0.15) is 0 Å². The zero-order chi connectivity index (χ0) is 22.5. The first-order valence-corrected chi connectivity index (χ1v) is 11.3. The summed E-state index contributed by atoms with van der Waals surface area (Å²) in [5.74, 6) is 0.282. The lowest BCUT2D eigenvalue weighted by Gasteiger charge is -2.09. The Labute approximate surface area is 190 Å². The maximum absolute atomic E-state index is 14.4. The summed E-state index contributed by atoms with van der Waals surface area (Å²) < 4.78 is 32.1. The van der Waals surface area contributed by atoms with Crippen molar-refractivity contribution >= 4 is 27.2 Å². The smallest absolute Gasteiger partial charge is 0.185 e. The Hall–Kier alpha value is -3.07. The molecule has 8 heteroatoms. The van der Waals surface area contributed by atoms with E-state index in [-0.39, 0.29) is 12.0 Å². The van der Waals surface area contributed by atoms with Gasteiger partial charge in [-0.1, -0.05) is 19.9 Å². The zero-order valence-corrected chi connectivity index (χ0v) is 18.9. The molecule has 0 spiro atoms. The molecule has 6 nitrogen and oxygen atoms in total. The van der Waals surface area contributed by atoms with Crippen molar-refractivity contribution in [2.75, 3.05) is 25.6 Å². The van der Waals surface area contributed by atoms with Crippen molar-refractivity contribution in [1.82, 2.24) is 9.97 Å². The summed E-state index contributed by atoms with van der Waals surface area (Å²) in [6.07, 6.45) is 3.07. The van der Waals surface area contributed by atoms with Crippen LogP contribution in [-0.2, 0) is 9.47 Å². The Kier molecular flexibility index (Phi) is 6.94. The van der Waals surface area contributed by atoms with Crippen LogP contribution in [0.15, 0.2) is 54.9 Å². The fraction of sp³-hybridized carbons (Fsp3) is 0.250. The predicted molar refractivity (Wildman–Crippen MR) is 125 cm³/mol. The van der Waals surface area contributed by atoms with E-state index < -0.39 is 5.82 Å². The van der Waals surface area contributed by atoms with Crippen molar-refractivity contribution in [1.29, 1.82) is 0 Å². The minimum atomic E-state index is -0.433. The van der Waals surface area contributed by atoms with Crippen LogP contribution in [0, 0.1) is 5.82 Å². The van der Waals surface area contributed by atoms with Crippen LogP contribution in [0.25, 0.3) is 20.8 Å². The third-order valence-corrected chi connectivity index (χ3v) is 5.91. The number of halogens is 1. The molecule has 1 aromatic carbocycles. The third-order valence-electron chi connectivity index (χ3n) is 4.75. The van der Waals surface area contributed by atoms with Crippen molar-refractivity contribution in [3.63, 3.8) is 0 Å². The van der Waals surface area contributed by atoms with E-state index in [9.17, 15) is 4.39 Å². The molecule has 166 valence electrons. The van der Waals surface area contributed by atoms with Crippen LogP contribution in [-0.4, -0.2) is 30.2 Å². The highest BCUT2D eigenvalue weighted by atomic mass is 32.1. The molecule has 4 heterocycles. The van der Waals surface area contributed by atoms with Crippen molar-refractivity contribution in [3.8, 4) is 22.1 Å². The average molecular weight is 454 g/mol. The fourth-order valence-electron chi connectivity index (χ4n) is 3.22. The van der Waals surface area contributed by atoms with E-state index in [1.54, 1.807) is 37.6 Å². The first-order chi connectivity index (χ1) is 15.7. The van der Waals surface area contributed by atoms with Gasteiger partial charge in [0, 0.05) is 42.8 Å². The number of aromatic nitrogens is 2. The Morgan fingerprint density at radius 2 is 1.84 bits per heavy atom. The summed E-state index contributed by atoms with van der Waals surface area (Å²) in [5.41, 5.74) is 3.16. The van der Waals surface area contributed by atoms with Crippen molar-refractivity contribution in [3.05, 3.63) is 66.2 Å². The molecule has 0 radical (unpaired) electrons. The molecule has 3 aromatic heterocycles. The molecule has 0 atom stereocenters. The summed E-state index contributed by atoms with van der Waals surface area (Å²) in [6.45, 7) is 5.19. The standard InChI is InChI=1S/C22H18FN3O3S.C2H6/c1-24-14-3-5-18(15(23)10-14)29-19-6-7-25-17-11-20(30-21(17)19)16-4-2-13(12-26-16)22-27-8-9-28-22;1-2/h2-7,10-12,22,24H,8-9H2,1H3;1-2H3. The number of fused-ring (bicyclic) bond motifs is 1. The highest BCUT2D eigenvalue weighted by molar-refractivity contribution is 7.22. The molecule has 1 N–H and O–H groups in total. The quantitative estimate of drug-likeness (QED) is 0.377. The van der Waals surface area contributed by atoms with Gasteiger partial charge >= 0.3 is 0 Å². The third kappa shape index (κ3) is 4.57. The van der Waals surface area contributed by atoms with E-state index in [4.69, 9.17) is 14.2 Å². The Morgan fingerprint density at radius 1 is 1.03 bits per heavy atom. The van der Waals surface area contributed by atoms with Crippen LogP contribution in [0.4, 0.5) is 10.1 Å². The summed E-state index contributed by atoms with van der Waals surface area (Å²) in [6, 6.07) is 12.3. The highest BCUT2D eigenvalue weighted by Gasteiger charge is 2.19. The zero-order valence-electron chi connectivity index (χ0n) is 18.1. The van der Waals surface area contributed by atoms with Gasteiger partial charge in [-0.15, -0.1) is 11.3 Å². The molecule has 1 aliphatic heterocycles. The summed E-state index contributed by atoms with van der Waals surface area (Å²) in [4.78, 5) is 9.91. The van der Waals surface area contributed by atoms with E-state index in [0.717, 1.165) is 26.4 Å². The molecule has 0 bridgehead atoms. The summed E-state index contributed by atoms with van der Waals surface area (Å²) in [7, 11) is 1.74. The summed E-state index contributed by atoms with van der Waals surface area (Å²) in [5, 5.41) is 2.91. The molecule has 1 aliphatic rings. The van der Waals surface area contributed by atoms with E-state index in [0.29, 0.717) is 24.7 Å². The number of thiophene rings is 1. The van der Waals surface area contributed by atoms with Crippen LogP contribution < -0.4 is 10.1 Å². The van der Waals surface area contributed by atoms with Gasteiger partial charge < -0.3 is 19.5 Å². The van der Waals surface area contributed by atoms with Gasteiger partial charge in [0.1, 0.15) is 5.75 Å². The number of pyridine rings is 2. The first kappa shape index (κ1) is 22.1. The van der Waals surface area contributed by atoms with Crippen LogP contribution in [0.5, 0.6) is 11.5 Å². The monoisotopic (exact) mass is 453 g/mol. The number of nitrogens with zero attached hydrogens (tertiary/aromatic N) is 2. The second kappa shape index (κ2) is 10.0. The SMILES string of the molecule is CC.CNc1ccc(Oc2ccnc3cc(-c4ccc(C5OCCO5)cn4)sc23)c(F)c1. The molecule has 32 heavy (non-hydrogen) atoms. The molecule has 4 aromatic rings. The minimum Gasteiger partial charge on any atom is -0.453 e. The van der Waals surface area contributed by atoms with E-state index >= 15 is 0 Å². The highest BCUT2D eigenvalue weighted by Crippen LogP contribution is 2.39. The Morgan fingerprint density at radius 3 is 2.53 bits per heavy atom. The molecule has 0 unspecified atom stereocenters. The molecular formula is C24H24FN3O3S. The van der Waals surface area contributed by atoms with Crippen LogP contribution in [0.2, 0.25) is 0 Å². The number of hydrogen-bond donors (Lipinski definition) is 1. The van der Waals surface area contributed by atoms with Gasteiger partial charge in [0.05, 0.1) is 34.0 Å². The Bertz CT molecular complexity index is 1190.